The molecule has 1 heterocycles. The number of nitrogens with zero attached hydrogens (tertiary/aromatic N) is 1. The summed E-state index contributed by atoms with van der Waals surface area (Å²) in [7, 11) is 0. The van der Waals surface area contributed by atoms with Crippen molar-refractivity contribution in [2.45, 2.75) is 46.1 Å². The number of hydrogen-bond acceptors (Lipinski definition) is 4. The first-order valence-electron chi connectivity index (χ1n) is 7.64. The molecule has 2 rings (SSSR count). The van der Waals surface area contributed by atoms with Crippen LogP contribution in [0.5, 0.6) is 5.75 Å². The van der Waals surface area contributed by atoms with Gasteiger partial charge in [0.15, 0.2) is 0 Å². The summed E-state index contributed by atoms with van der Waals surface area (Å²) in [6, 6.07) is 8.22. The Morgan fingerprint density at radius 3 is 2.48 bits per heavy atom. The van der Waals surface area contributed by atoms with E-state index in [1.54, 1.807) is 11.3 Å². The Morgan fingerprint density at radius 1 is 1.19 bits per heavy atom. The molecular weight excluding hydrogens is 280 g/mol. The minimum absolute atomic E-state index is 0.0463. The van der Waals surface area contributed by atoms with E-state index in [9.17, 15) is 0 Å². The number of aromatic nitrogens is 1. The summed E-state index contributed by atoms with van der Waals surface area (Å²) in [4.78, 5) is 5.99. The van der Waals surface area contributed by atoms with E-state index in [0.717, 1.165) is 47.9 Å². The van der Waals surface area contributed by atoms with Gasteiger partial charge in [-0.3, -0.25) is 0 Å². The summed E-state index contributed by atoms with van der Waals surface area (Å²) in [5.74, 6) is 0.915. The van der Waals surface area contributed by atoms with Crippen molar-refractivity contribution in [2.75, 3.05) is 6.61 Å². The molecule has 1 aromatic carbocycles. The second kappa shape index (κ2) is 7.57. The number of rotatable bonds is 7. The van der Waals surface area contributed by atoms with Gasteiger partial charge in [0.2, 0.25) is 0 Å². The Balaban J connectivity index is 2.23. The molecule has 2 N–H and O–H groups in total. The fraction of sp³-hybridized carbons (Fsp3) is 0.471. The van der Waals surface area contributed by atoms with Crippen LogP contribution in [0, 0.1) is 0 Å². The molecule has 3 nitrogen and oxygen atoms in total. The predicted molar refractivity (Wildman–Crippen MR) is 89.9 cm³/mol. The van der Waals surface area contributed by atoms with Crippen LogP contribution in [0.15, 0.2) is 24.3 Å². The van der Waals surface area contributed by atoms with E-state index < -0.39 is 0 Å². The van der Waals surface area contributed by atoms with Crippen LogP contribution in [0.25, 0.3) is 10.6 Å². The standard InChI is InChI=1S/C17H24N2OS/c1-4-6-15-16(12(3)18)21-17(19-15)13-7-9-14(10-8-13)20-11-5-2/h7-10,12H,4-6,11,18H2,1-3H3. The first-order valence-corrected chi connectivity index (χ1v) is 8.45. The highest BCUT2D eigenvalue weighted by molar-refractivity contribution is 7.15. The zero-order valence-electron chi connectivity index (χ0n) is 13.1. The van der Waals surface area contributed by atoms with Crippen LogP contribution >= 0.6 is 11.3 Å². The number of ether oxygens (including phenoxy) is 1. The van der Waals surface area contributed by atoms with E-state index in [1.165, 1.54) is 4.88 Å². The molecule has 1 atom stereocenters. The second-order valence-electron chi connectivity index (χ2n) is 5.24. The average Bonchev–Trinajstić information content (AvgIpc) is 2.90. The molecule has 0 aliphatic heterocycles. The molecule has 1 aromatic heterocycles. The lowest BCUT2D eigenvalue weighted by atomic mass is 10.1. The van der Waals surface area contributed by atoms with Gasteiger partial charge in [0, 0.05) is 16.5 Å². The van der Waals surface area contributed by atoms with Crippen LogP contribution in [0.3, 0.4) is 0 Å². The lowest BCUT2D eigenvalue weighted by Crippen LogP contribution is -2.05. The van der Waals surface area contributed by atoms with Crippen molar-refractivity contribution in [3.05, 3.63) is 34.8 Å². The molecule has 0 fully saturated rings. The summed E-state index contributed by atoms with van der Waals surface area (Å²) in [6.07, 6.45) is 3.10. The van der Waals surface area contributed by atoms with Crippen molar-refractivity contribution in [3.8, 4) is 16.3 Å². The maximum atomic E-state index is 6.07. The predicted octanol–water partition coefficient (Wildman–Crippen LogP) is 4.57. The summed E-state index contributed by atoms with van der Waals surface area (Å²) in [5.41, 5.74) is 8.35. The average molecular weight is 304 g/mol. The molecular formula is C17H24N2OS. The molecule has 0 amide bonds. The lowest BCUT2D eigenvalue weighted by Gasteiger charge is -2.04. The van der Waals surface area contributed by atoms with E-state index in [-0.39, 0.29) is 6.04 Å². The van der Waals surface area contributed by atoms with E-state index in [4.69, 9.17) is 15.5 Å². The lowest BCUT2D eigenvalue weighted by molar-refractivity contribution is 0.317. The van der Waals surface area contributed by atoms with Gasteiger partial charge < -0.3 is 10.5 Å². The summed E-state index contributed by atoms with van der Waals surface area (Å²) >= 11 is 1.71. The van der Waals surface area contributed by atoms with E-state index in [1.807, 2.05) is 19.1 Å². The number of aryl methyl sites for hydroxylation is 1. The molecule has 0 bridgehead atoms. The highest BCUT2D eigenvalue weighted by atomic mass is 32.1. The number of hydrogen-bond donors (Lipinski definition) is 1. The Kier molecular flexibility index (Phi) is 5.76. The quantitative estimate of drug-likeness (QED) is 0.815. The molecule has 1 unspecified atom stereocenters. The van der Waals surface area contributed by atoms with Gasteiger partial charge in [0.25, 0.3) is 0 Å². The minimum Gasteiger partial charge on any atom is -0.494 e. The molecule has 0 saturated carbocycles. The first-order chi connectivity index (χ1) is 10.2. The van der Waals surface area contributed by atoms with Crippen LogP contribution in [-0.2, 0) is 6.42 Å². The SMILES string of the molecule is CCCOc1ccc(-c2nc(CCC)c(C(C)N)s2)cc1. The molecule has 114 valence electrons. The van der Waals surface area contributed by atoms with Gasteiger partial charge in [-0.15, -0.1) is 11.3 Å². The Morgan fingerprint density at radius 2 is 1.90 bits per heavy atom. The first kappa shape index (κ1) is 16.0. The van der Waals surface area contributed by atoms with Gasteiger partial charge in [0.05, 0.1) is 12.3 Å². The minimum atomic E-state index is 0.0463. The Hall–Kier alpha value is -1.39. The molecule has 0 aliphatic rings. The molecule has 0 radical (unpaired) electrons. The van der Waals surface area contributed by atoms with Crippen molar-refractivity contribution in [1.82, 2.24) is 4.98 Å². The molecule has 0 aliphatic carbocycles. The second-order valence-corrected chi connectivity index (χ2v) is 6.27. The Labute approximate surface area is 131 Å². The van der Waals surface area contributed by atoms with Crippen molar-refractivity contribution in [1.29, 1.82) is 0 Å². The third-order valence-corrected chi connectivity index (χ3v) is 4.55. The van der Waals surface area contributed by atoms with Crippen molar-refractivity contribution in [2.24, 2.45) is 5.73 Å². The molecule has 2 aromatic rings. The molecule has 21 heavy (non-hydrogen) atoms. The van der Waals surface area contributed by atoms with Crippen molar-refractivity contribution in [3.63, 3.8) is 0 Å². The van der Waals surface area contributed by atoms with Crippen LogP contribution < -0.4 is 10.5 Å². The summed E-state index contributed by atoms with van der Waals surface area (Å²) in [6.45, 7) is 7.06. The van der Waals surface area contributed by atoms with Crippen LogP contribution in [-0.4, -0.2) is 11.6 Å². The smallest absolute Gasteiger partial charge is 0.123 e. The largest absolute Gasteiger partial charge is 0.494 e. The number of benzene rings is 1. The van der Waals surface area contributed by atoms with Gasteiger partial charge in [-0.2, -0.15) is 0 Å². The zero-order valence-corrected chi connectivity index (χ0v) is 13.9. The monoisotopic (exact) mass is 304 g/mol. The number of thiazole rings is 1. The van der Waals surface area contributed by atoms with Crippen molar-refractivity contribution < 1.29 is 4.74 Å². The highest BCUT2D eigenvalue weighted by Gasteiger charge is 2.14. The normalized spacial score (nSPS) is 12.4. The summed E-state index contributed by atoms with van der Waals surface area (Å²) < 4.78 is 5.61. The van der Waals surface area contributed by atoms with Gasteiger partial charge in [-0.1, -0.05) is 20.3 Å². The Bertz CT molecular complexity index is 561. The maximum absolute atomic E-state index is 6.07. The number of nitrogens with two attached hydrogens (primary N) is 1. The fourth-order valence-corrected chi connectivity index (χ4v) is 3.24. The van der Waals surface area contributed by atoms with Gasteiger partial charge >= 0.3 is 0 Å². The maximum Gasteiger partial charge on any atom is 0.123 e. The van der Waals surface area contributed by atoms with Gasteiger partial charge in [0.1, 0.15) is 10.8 Å². The van der Waals surface area contributed by atoms with E-state index >= 15 is 0 Å². The molecule has 4 heteroatoms. The third kappa shape index (κ3) is 4.05. The van der Waals surface area contributed by atoms with Gasteiger partial charge in [-0.05, 0) is 44.0 Å². The van der Waals surface area contributed by atoms with Crippen molar-refractivity contribution >= 4 is 11.3 Å². The highest BCUT2D eigenvalue weighted by Crippen LogP contribution is 2.32. The fourth-order valence-electron chi connectivity index (χ4n) is 2.17. The van der Waals surface area contributed by atoms with Crippen LogP contribution in [0.4, 0.5) is 0 Å². The topological polar surface area (TPSA) is 48.1 Å². The third-order valence-electron chi connectivity index (χ3n) is 3.20. The molecule has 0 spiro atoms. The summed E-state index contributed by atoms with van der Waals surface area (Å²) in [5, 5.41) is 1.05. The van der Waals surface area contributed by atoms with E-state index in [0.29, 0.717) is 0 Å². The van der Waals surface area contributed by atoms with Crippen LogP contribution in [0.1, 0.15) is 50.2 Å². The van der Waals surface area contributed by atoms with Gasteiger partial charge in [-0.25, -0.2) is 4.98 Å². The molecule has 0 saturated heterocycles. The zero-order chi connectivity index (χ0) is 15.2. The van der Waals surface area contributed by atoms with E-state index in [2.05, 4.69) is 26.0 Å². The van der Waals surface area contributed by atoms with Crippen LogP contribution in [0.2, 0.25) is 0 Å².